The summed E-state index contributed by atoms with van der Waals surface area (Å²) in [5.74, 6) is 2.39. The third-order valence-electron chi connectivity index (χ3n) is 5.50. The van der Waals surface area contributed by atoms with Gasteiger partial charge in [0.1, 0.15) is 5.75 Å². The molecule has 31 heavy (non-hydrogen) atoms. The van der Waals surface area contributed by atoms with Gasteiger partial charge in [-0.15, -0.1) is 24.0 Å². The Bertz CT molecular complexity index is 837. The maximum Gasteiger partial charge on any atom is 0.191 e. The maximum atomic E-state index is 5.36. The molecular weight excluding hydrogens is 503 g/mol. The van der Waals surface area contributed by atoms with E-state index in [9.17, 15) is 0 Å². The number of nitrogens with one attached hydrogen (secondary N) is 2. The van der Waals surface area contributed by atoms with Gasteiger partial charge in [0.05, 0.1) is 12.8 Å². The molecule has 0 radical (unpaired) electrons. The molecule has 0 bridgehead atoms. The molecule has 1 aromatic heterocycles. The topological polar surface area (TPSA) is 66.7 Å². The van der Waals surface area contributed by atoms with E-state index in [1.54, 1.807) is 7.11 Å². The first-order chi connectivity index (χ1) is 14.6. The van der Waals surface area contributed by atoms with Crippen molar-refractivity contribution >= 4 is 35.6 Å². The number of rotatable bonds is 9. The van der Waals surface area contributed by atoms with E-state index < -0.39 is 0 Å². The van der Waals surface area contributed by atoms with Crippen LogP contribution in [0.3, 0.4) is 0 Å². The van der Waals surface area contributed by atoms with Crippen molar-refractivity contribution in [2.45, 2.75) is 40.2 Å². The molecule has 1 fully saturated rings. The van der Waals surface area contributed by atoms with Crippen LogP contribution in [0.5, 0.6) is 5.75 Å². The lowest BCUT2D eigenvalue weighted by Gasteiger charge is -2.19. The lowest BCUT2D eigenvalue weighted by Crippen LogP contribution is -2.38. The van der Waals surface area contributed by atoms with Crippen LogP contribution in [0.4, 0.5) is 5.69 Å². The van der Waals surface area contributed by atoms with E-state index in [0.717, 1.165) is 69.5 Å². The fourth-order valence-electron chi connectivity index (χ4n) is 3.92. The number of methoxy groups -OCH3 is 1. The standard InChI is InChI=1S/C23H36N6O.HI/c1-5-24-23(25-11-7-12-29-19(3)14-18(2)27-29)26-16-20-10-13-28(17-20)21-8-6-9-22(15-21)30-4;/h6,8-9,14-15,20H,5,7,10-13,16-17H2,1-4H3,(H2,24,25,26);1H. The summed E-state index contributed by atoms with van der Waals surface area (Å²) in [4.78, 5) is 7.27. The molecule has 0 amide bonds. The average Bonchev–Trinajstić information content (AvgIpc) is 3.35. The van der Waals surface area contributed by atoms with Gasteiger partial charge in [-0.2, -0.15) is 5.10 Å². The number of halogens is 1. The van der Waals surface area contributed by atoms with Crippen molar-refractivity contribution in [2.24, 2.45) is 10.9 Å². The highest BCUT2D eigenvalue weighted by Gasteiger charge is 2.22. The Morgan fingerprint density at radius 1 is 1.26 bits per heavy atom. The minimum absolute atomic E-state index is 0. The predicted octanol–water partition coefficient (Wildman–Crippen LogP) is 3.60. The predicted molar refractivity (Wildman–Crippen MR) is 139 cm³/mol. The summed E-state index contributed by atoms with van der Waals surface area (Å²) in [5.41, 5.74) is 3.53. The number of benzene rings is 1. The fourth-order valence-corrected chi connectivity index (χ4v) is 3.92. The van der Waals surface area contributed by atoms with E-state index in [1.807, 2.05) is 13.0 Å². The summed E-state index contributed by atoms with van der Waals surface area (Å²) in [6.07, 6.45) is 2.18. The van der Waals surface area contributed by atoms with Crippen molar-refractivity contribution in [1.82, 2.24) is 20.4 Å². The molecule has 1 aliphatic heterocycles. The van der Waals surface area contributed by atoms with E-state index in [-0.39, 0.29) is 24.0 Å². The number of aliphatic imine (C=N–C) groups is 1. The number of hydrogen-bond acceptors (Lipinski definition) is 4. The van der Waals surface area contributed by atoms with Gasteiger partial charge in [-0.25, -0.2) is 0 Å². The highest BCUT2D eigenvalue weighted by molar-refractivity contribution is 14.0. The van der Waals surface area contributed by atoms with Crippen molar-refractivity contribution < 1.29 is 4.74 Å². The second kappa shape index (κ2) is 12.8. The monoisotopic (exact) mass is 540 g/mol. The molecule has 1 aliphatic rings. The van der Waals surface area contributed by atoms with Gasteiger partial charge in [-0.05, 0) is 57.7 Å². The molecule has 1 atom stereocenters. The van der Waals surface area contributed by atoms with Crippen molar-refractivity contribution in [3.05, 3.63) is 41.7 Å². The minimum atomic E-state index is 0. The van der Waals surface area contributed by atoms with Crippen LogP contribution in [0, 0.1) is 19.8 Å². The molecule has 2 heterocycles. The van der Waals surface area contributed by atoms with Gasteiger partial charge < -0.3 is 20.3 Å². The number of aromatic nitrogens is 2. The van der Waals surface area contributed by atoms with E-state index in [0.29, 0.717) is 5.92 Å². The summed E-state index contributed by atoms with van der Waals surface area (Å²) >= 11 is 0. The Hall–Kier alpha value is -1.97. The third kappa shape index (κ3) is 7.59. The summed E-state index contributed by atoms with van der Waals surface area (Å²) in [6, 6.07) is 10.4. The van der Waals surface area contributed by atoms with Gasteiger partial charge >= 0.3 is 0 Å². The molecule has 0 spiro atoms. The molecule has 0 saturated carbocycles. The van der Waals surface area contributed by atoms with Crippen molar-refractivity contribution in [3.8, 4) is 5.75 Å². The third-order valence-corrected chi connectivity index (χ3v) is 5.50. The number of guanidine groups is 1. The minimum Gasteiger partial charge on any atom is -0.497 e. The number of aryl methyl sites for hydroxylation is 3. The van der Waals surface area contributed by atoms with Crippen molar-refractivity contribution in [1.29, 1.82) is 0 Å². The van der Waals surface area contributed by atoms with Crippen molar-refractivity contribution in [3.63, 3.8) is 0 Å². The molecular formula is C23H37IN6O. The van der Waals surface area contributed by atoms with Gasteiger partial charge in [0.15, 0.2) is 5.96 Å². The van der Waals surface area contributed by atoms with Crippen LogP contribution in [0.1, 0.15) is 31.2 Å². The summed E-state index contributed by atoms with van der Waals surface area (Å²) in [5, 5.41) is 11.4. The molecule has 1 unspecified atom stereocenters. The molecule has 8 heteroatoms. The van der Waals surface area contributed by atoms with E-state index in [2.05, 4.69) is 63.4 Å². The molecule has 2 aromatic rings. The van der Waals surface area contributed by atoms with Gasteiger partial charge in [0, 0.05) is 56.7 Å². The summed E-state index contributed by atoms with van der Waals surface area (Å²) in [7, 11) is 1.72. The molecule has 3 rings (SSSR count). The Balaban J connectivity index is 0.00000341. The SMILES string of the molecule is CCNC(=NCC1CCN(c2cccc(OC)c2)C1)NCCCn1nc(C)cc1C.I. The van der Waals surface area contributed by atoms with Crippen LogP contribution >= 0.6 is 24.0 Å². The Morgan fingerprint density at radius 2 is 2.10 bits per heavy atom. The van der Waals surface area contributed by atoms with Gasteiger partial charge in [-0.1, -0.05) is 6.07 Å². The first kappa shape index (κ1) is 25.3. The Kier molecular flexibility index (Phi) is 10.4. The van der Waals surface area contributed by atoms with Gasteiger partial charge in [-0.3, -0.25) is 9.67 Å². The zero-order valence-corrected chi connectivity index (χ0v) is 21.6. The van der Waals surface area contributed by atoms with Gasteiger partial charge in [0.2, 0.25) is 0 Å². The first-order valence-corrected chi connectivity index (χ1v) is 11.0. The summed E-state index contributed by atoms with van der Waals surface area (Å²) in [6.45, 7) is 11.9. The Labute approximate surface area is 203 Å². The van der Waals surface area contributed by atoms with Crippen LogP contribution in [-0.4, -0.2) is 55.6 Å². The van der Waals surface area contributed by atoms with Crippen LogP contribution in [0.25, 0.3) is 0 Å². The summed E-state index contributed by atoms with van der Waals surface area (Å²) < 4.78 is 7.44. The first-order valence-electron chi connectivity index (χ1n) is 11.0. The molecule has 7 nitrogen and oxygen atoms in total. The van der Waals surface area contributed by atoms with Crippen LogP contribution in [0.15, 0.2) is 35.3 Å². The van der Waals surface area contributed by atoms with Crippen LogP contribution in [-0.2, 0) is 6.54 Å². The number of nitrogens with zero attached hydrogens (tertiary/aromatic N) is 4. The molecule has 172 valence electrons. The second-order valence-electron chi connectivity index (χ2n) is 7.95. The molecule has 2 N–H and O–H groups in total. The smallest absolute Gasteiger partial charge is 0.191 e. The highest BCUT2D eigenvalue weighted by Crippen LogP contribution is 2.26. The lowest BCUT2D eigenvalue weighted by molar-refractivity contribution is 0.415. The highest BCUT2D eigenvalue weighted by atomic mass is 127. The zero-order chi connectivity index (χ0) is 21.3. The van der Waals surface area contributed by atoms with Gasteiger partial charge in [0.25, 0.3) is 0 Å². The van der Waals surface area contributed by atoms with Crippen LogP contribution < -0.4 is 20.3 Å². The Morgan fingerprint density at radius 3 is 2.81 bits per heavy atom. The number of ether oxygens (including phenoxy) is 1. The lowest BCUT2D eigenvalue weighted by atomic mass is 10.1. The average molecular weight is 540 g/mol. The molecule has 1 saturated heterocycles. The number of hydrogen-bond donors (Lipinski definition) is 2. The normalized spacial score (nSPS) is 16.2. The fraction of sp³-hybridized carbons (Fsp3) is 0.565. The van der Waals surface area contributed by atoms with E-state index in [1.165, 1.54) is 11.4 Å². The maximum absolute atomic E-state index is 5.36. The zero-order valence-electron chi connectivity index (χ0n) is 19.2. The quantitative estimate of drug-likeness (QED) is 0.220. The van der Waals surface area contributed by atoms with E-state index >= 15 is 0 Å². The molecule has 1 aromatic carbocycles. The second-order valence-corrected chi connectivity index (χ2v) is 7.95. The molecule has 0 aliphatic carbocycles. The van der Waals surface area contributed by atoms with E-state index in [4.69, 9.17) is 9.73 Å². The largest absolute Gasteiger partial charge is 0.497 e. The van der Waals surface area contributed by atoms with Crippen LogP contribution in [0.2, 0.25) is 0 Å². The number of anilines is 1. The van der Waals surface area contributed by atoms with Crippen molar-refractivity contribution in [2.75, 3.05) is 44.7 Å².